The number of aliphatic hydroxyl groups excluding tert-OH is 1. The molecule has 5 heteroatoms. The zero-order valence-electron chi connectivity index (χ0n) is 11.3. The van der Waals surface area contributed by atoms with Crippen molar-refractivity contribution < 1.29 is 5.11 Å². The summed E-state index contributed by atoms with van der Waals surface area (Å²) in [5.74, 6) is 0. The van der Waals surface area contributed by atoms with Gasteiger partial charge in [-0.05, 0) is 38.9 Å². The Bertz CT molecular complexity index is 513. The number of nitrogens with one attached hydrogen (secondary N) is 1. The van der Waals surface area contributed by atoms with Crippen LogP contribution < -0.4 is 5.32 Å². The number of rotatable bonds is 6. The predicted molar refractivity (Wildman–Crippen MR) is 78.2 cm³/mol. The van der Waals surface area contributed by atoms with Crippen molar-refractivity contribution in [2.75, 3.05) is 13.2 Å². The van der Waals surface area contributed by atoms with E-state index < -0.39 is 0 Å². The maximum absolute atomic E-state index is 8.80. The summed E-state index contributed by atoms with van der Waals surface area (Å²) in [6.45, 7) is 5.21. The van der Waals surface area contributed by atoms with E-state index >= 15 is 0 Å². The average Bonchev–Trinajstić information content (AvgIpc) is 2.82. The molecule has 0 aliphatic rings. The lowest BCUT2D eigenvalue weighted by Gasteiger charge is -2.11. The van der Waals surface area contributed by atoms with Gasteiger partial charge < -0.3 is 10.4 Å². The fourth-order valence-corrected chi connectivity index (χ4v) is 3.00. The van der Waals surface area contributed by atoms with Gasteiger partial charge in [0.05, 0.1) is 5.69 Å². The van der Waals surface area contributed by atoms with E-state index in [9.17, 15) is 0 Å². The SMILES string of the molecule is Cc1nc(-c2cccnc2)sc1[C@H](C)NCCCO. The molecule has 0 amide bonds. The summed E-state index contributed by atoms with van der Waals surface area (Å²) in [6, 6.07) is 4.21. The summed E-state index contributed by atoms with van der Waals surface area (Å²) in [5, 5.41) is 13.2. The second kappa shape index (κ2) is 6.75. The van der Waals surface area contributed by atoms with E-state index in [4.69, 9.17) is 5.11 Å². The minimum Gasteiger partial charge on any atom is -0.396 e. The van der Waals surface area contributed by atoms with Crippen molar-refractivity contribution in [3.8, 4) is 10.6 Å². The van der Waals surface area contributed by atoms with E-state index in [1.54, 1.807) is 17.5 Å². The Kier molecular flexibility index (Phi) is 5.01. The largest absolute Gasteiger partial charge is 0.396 e. The Balaban J connectivity index is 2.13. The number of aromatic nitrogens is 2. The highest BCUT2D eigenvalue weighted by Gasteiger charge is 2.14. The summed E-state index contributed by atoms with van der Waals surface area (Å²) in [6.07, 6.45) is 4.38. The smallest absolute Gasteiger partial charge is 0.125 e. The van der Waals surface area contributed by atoms with Gasteiger partial charge in [-0.2, -0.15) is 0 Å². The fraction of sp³-hybridized carbons (Fsp3) is 0.429. The molecule has 2 aromatic heterocycles. The predicted octanol–water partition coefficient (Wildman–Crippen LogP) is 2.55. The van der Waals surface area contributed by atoms with Gasteiger partial charge in [-0.25, -0.2) is 4.98 Å². The van der Waals surface area contributed by atoms with Gasteiger partial charge in [-0.3, -0.25) is 4.98 Å². The maximum Gasteiger partial charge on any atom is 0.125 e. The molecule has 2 rings (SSSR count). The van der Waals surface area contributed by atoms with Crippen LogP contribution in [0.4, 0.5) is 0 Å². The zero-order chi connectivity index (χ0) is 13.7. The Morgan fingerprint density at radius 2 is 2.32 bits per heavy atom. The van der Waals surface area contributed by atoms with Crippen molar-refractivity contribution in [1.29, 1.82) is 0 Å². The molecule has 0 unspecified atom stereocenters. The zero-order valence-corrected chi connectivity index (χ0v) is 12.1. The van der Waals surface area contributed by atoms with E-state index in [0.29, 0.717) is 0 Å². The molecule has 4 nitrogen and oxygen atoms in total. The number of hydrogen-bond donors (Lipinski definition) is 2. The van der Waals surface area contributed by atoms with Crippen LogP contribution in [0.2, 0.25) is 0 Å². The molecule has 2 N–H and O–H groups in total. The first-order chi connectivity index (χ1) is 9.22. The lowest BCUT2D eigenvalue weighted by Crippen LogP contribution is -2.20. The van der Waals surface area contributed by atoms with Crippen molar-refractivity contribution in [2.45, 2.75) is 26.3 Å². The van der Waals surface area contributed by atoms with Crippen LogP contribution in [0.3, 0.4) is 0 Å². The lowest BCUT2D eigenvalue weighted by atomic mass is 10.2. The second-order valence-corrected chi connectivity index (χ2v) is 5.49. The average molecular weight is 277 g/mol. The highest BCUT2D eigenvalue weighted by Crippen LogP contribution is 2.31. The lowest BCUT2D eigenvalue weighted by molar-refractivity contribution is 0.284. The quantitative estimate of drug-likeness (QED) is 0.797. The summed E-state index contributed by atoms with van der Waals surface area (Å²) in [5.41, 5.74) is 2.12. The number of aryl methyl sites for hydroxylation is 1. The Hall–Kier alpha value is -1.30. The third kappa shape index (κ3) is 3.59. The van der Waals surface area contributed by atoms with Gasteiger partial charge >= 0.3 is 0 Å². The van der Waals surface area contributed by atoms with Gasteiger partial charge in [0.2, 0.25) is 0 Å². The van der Waals surface area contributed by atoms with Crippen molar-refractivity contribution in [3.63, 3.8) is 0 Å². The standard InChI is InChI=1S/C14H19N3OS/c1-10(16-7-4-8-18)13-11(2)17-14(19-13)12-5-3-6-15-9-12/h3,5-6,9-10,16,18H,4,7-8H2,1-2H3/t10-/m0/s1. The second-order valence-electron chi connectivity index (χ2n) is 4.46. The maximum atomic E-state index is 8.80. The van der Waals surface area contributed by atoms with Gasteiger partial charge in [0, 0.05) is 35.5 Å². The van der Waals surface area contributed by atoms with Gasteiger partial charge in [-0.1, -0.05) is 0 Å². The first kappa shape index (κ1) is 14.1. The molecule has 0 spiro atoms. The minimum absolute atomic E-state index is 0.225. The van der Waals surface area contributed by atoms with Crippen LogP contribution in [-0.2, 0) is 0 Å². The summed E-state index contributed by atoms with van der Waals surface area (Å²) in [7, 11) is 0. The van der Waals surface area contributed by atoms with Crippen LogP contribution in [0.25, 0.3) is 10.6 Å². The Morgan fingerprint density at radius 1 is 1.47 bits per heavy atom. The normalized spacial score (nSPS) is 12.6. The molecule has 2 heterocycles. The first-order valence-corrected chi connectivity index (χ1v) is 7.26. The molecule has 0 aliphatic carbocycles. The topological polar surface area (TPSA) is 58.0 Å². The number of pyridine rings is 1. The molecule has 2 aromatic rings. The molecule has 0 saturated carbocycles. The van der Waals surface area contributed by atoms with Gasteiger partial charge in [-0.15, -0.1) is 11.3 Å². The summed E-state index contributed by atoms with van der Waals surface area (Å²) >= 11 is 1.70. The van der Waals surface area contributed by atoms with Crippen LogP contribution in [0, 0.1) is 6.92 Å². The number of nitrogens with zero attached hydrogens (tertiary/aromatic N) is 2. The third-order valence-corrected chi connectivity index (χ3v) is 4.31. The molecule has 0 fully saturated rings. The molecule has 19 heavy (non-hydrogen) atoms. The molecule has 0 aromatic carbocycles. The van der Waals surface area contributed by atoms with Gasteiger partial charge in [0.1, 0.15) is 5.01 Å². The molecule has 0 aliphatic heterocycles. The molecule has 0 radical (unpaired) electrons. The summed E-state index contributed by atoms with van der Waals surface area (Å²) < 4.78 is 0. The van der Waals surface area contributed by atoms with Crippen molar-refractivity contribution in [1.82, 2.24) is 15.3 Å². The van der Waals surface area contributed by atoms with Crippen molar-refractivity contribution in [2.24, 2.45) is 0 Å². The van der Waals surface area contributed by atoms with E-state index in [-0.39, 0.29) is 12.6 Å². The fourth-order valence-electron chi connectivity index (χ4n) is 1.91. The monoisotopic (exact) mass is 277 g/mol. The molecule has 0 bridgehead atoms. The van der Waals surface area contributed by atoms with Crippen LogP contribution in [0.1, 0.15) is 30.0 Å². The molecule has 102 valence electrons. The van der Waals surface area contributed by atoms with Crippen LogP contribution in [0.5, 0.6) is 0 Å². The first-order valence-electron chi connectivity index (χ1n) is 6.44. The molecule has 0 saturated heterocycles. The molecule has 1 atom stereocenters. The van der Waals surface area contributed by atoms with Crippen LogP contribution >= 0.6 is 11.3 Å². The van der Waals surface area contributed by atoms with Crippen molar-refractivity contribution >= 4 is 11.3 Å². The third-order valence-electron chi connectivity index (χ3n) is 2.92. The molecular formula is C14H19N3OS. The van der Waals surface area contributed by atoms with Crippen LogP contribution in [-0.4, -0.2) is 28.2 Å². The van der Waals surface area contributed by atoms with Crippen LogP contribution in [0.15, 0.2) is 24.5 Å². The minimum atomic E-state index is 0.225. The highest BCUT2D eigenvalue weighted by molar-refractivity contribution is 7.15. The highest BCUT2D eigenvalue weighted by atomic mass is 32.1. The van der Waals surface area contributed by atoms with E-state index in [2.05, 4.69) is 22.2 Å². The van der Waals surface area contributed by atoms with Crippen molar-refractivity contribution in [3.05, 3.63) is 35.1 Å². The van der Waals surface area contributed by atoms with Gasteiger partial charge in [0.15, 0.2) is 0 Å². The molecular weight excluding hydrogens is 258 g/mol. The Labute approximate surface area is 117 Å². The summed E-state index contributed by atoms with van der Waals surface area (Å²) in [4.78, 5) is 10.00. The van der Waals surface area contributed by atoms with Gasteiger partial charge in [0.25, 0.3) is 0 Å². The Morgan fingerprint density at radius 3 is 3.00 bits per heavy atom. The van der Waals surface area contributed by atoms with E-state index in [0.717, 1.165) is 29.2 Å². The van der Waals surface area contributed by atoms with E-state index in [1.807, 2.05) is 25.3 Å². The van der Waals surface area contributed by atoms with E-state index in [1.165, 1.54) is 4.88 Å². The number of hydrogen-bond acceptors (Lipinski definition) is 5. The number of thiazole rings is 1. The number of aliphatic hydroxyl groups is 1.